The maximum atomic E-state index is 12.2. The van der Waals surface area contributed by atoms with Crippen LogP contribution < -0.4 is 5.32 Å². The fraction of sp³-hybridized carbons (Fsp3) is 0.524. The van der Waals surface area contributed by atoms with E-state index in [9.17, 15) is 14.7 Å². The average molecular weight is 446 g/mol. The molecule has 1 aromatic heterocycles. The van der Waals surface area contributed by atoms with Gasteiger partial charge in [-0.1, -0.05) is 51.1 Å². The zero-order valence-corrected chi connectivity index (χ0v) is 19.7. The maximum absolute atomic E-state index is 12.2. The number of nitrogens with one attached hydrogen (secondary N) is 1. The van der Waals surface area contributed by atoms with E-state index in [4.69, 9.17) is 4.43 Å². The highest BCUT2D eigenvalue weighted by atomic mass is 28.4. The first-order chi connectivity index (χ1) is 14.5. The molecule has 0 unspecified atom stereocenters. The number of nitrogens with zero attached hydrogens (tertiary/aromatic N) is 4. The molecule has 2 atom stereocenters. The van der Waals surface area contributed by atoms with Gasteiger partial charge in [0.25, 0.3) is 0 Å². The number of carboxylic acid groups (broad SMARTS) is 1. The van der Waals surface area contributed by atoms with Crippen molar-refractivity contribution in [2.24, 2.45) is 0 Å². The first-order valence-corrected chi connectivity index (χ1v) is 13.3. The van der Waals surface area contributed by atoms with Crippen LogP contribution in [-0.2, 0) is 28.9 Å². The molecule has 2 heterocycles. The van der Waals surface area contributed by atoms with Crippen molar-refractivity contribution in [3.05, 3.63) is 47.8 Å². The molecule has 31 heavy (non-hydrogen) atoms. The maximum Gasteiger partial charge on any atom is 0.408 e. The van der Waals surface area contributed by atoms with Gasteiger partial charge in [0.1, 0.15) is 11.7 Å². The molecule has 1 fully saturated rings. The van der Waals surface area contributed by atoms with E-state index in [-0.39, 0.29) is 24.0 Å². The van der Waals surface area contributed by atoms with Gasteiger partial charge in [0.15, 0.2) is 8.32 Å². The Labute approximate surface area is 183 Å². The minimum atomic E-state index is -1.90. The summed E-state index contributed by atoms with van der Waals surface area (Å²) in [6.45, 7) is 11.7. The number of amides is 2. The molecule has 0 aliphatic carbocycles. The number of hydrogen-bond donors (Lipinski definition) is 2. The van der Waals surface area contributed by atoms with E-state index < -0.39 is 26.5 Å². The Morgan fingerprint density at radius 1 is 1.29 bits per heavy atom. The molecule has 0 saturated carbocycles. The predicted octanol–water partition coefficient (Wildman–Crippen LogP) is 2.85. The molecule has 0 spiro atoms. The lowest BCUT2D eigenvalue weighted by Crippen LogP contribution is -2.70. The smallest absolute Gasteiger partial charge is 0.408 e. The zero-order chi connectivity index (χ0) is 22.8. The fourth-order valence-corrected chi connectivity index (χ4v) is 4.08. The summed E-state index contributed by atoms with van der Waals surface area (Å²) in [5.74, 6) is -0.308. The second-order valence-corrected chi connectivity index (χ2v) is 14.2. The number of benzene rings is 1. The minimum Gasteiger partial charge on any atom is -0.465 e. The summed E-state index contributed by atoms with van der Waals surface area (Å²) in [5.41, 5.74) is 1.54. The van der Waals surface area contributed by atoms with E-state index in [0.717, 1.165) is 5.56 Å². The summed E-state index contributed by atoms with van der Waals surface area (Å²) in [6.07, 6.45) is 0.521. The Bertz CT molecular complexity index is 925. The summed E-state index contributed by atoms with van der Waals surface area (Å²) in [7, 11) is -1.90. The Kier molecular flexibility index (Phi) is 6.51. The van der Waals surface area contributed by atoms with Gasteiger partial charge < -0.3 is 14.8 Å². The Morgan fingerprint density at radius 3 is 2.55 bits per heavy atom. The van der Waals surface area contributed by atoms with E-state index in [0.29, 0.717) is 12.3 Å². The number of carbonyl (C=O) groups excluding carboxylic acids is 1. The summed E-state index contributed by atoms with van der Waals surface area (Å²) in [4.78, 5) is 26.7. The Balaban J connectivity index is 1.63. The number of β-lactam (4-membered cyclic amide) rings is 1. The van der Waals surface area contributed by atoms with Gasteiger partial charge >= 0.3 is 6.09 Å². The molecular formula is C21H31N5O4Si. The quantitative estimate of drug-likeness (QED) is 0.478. The fourth-order valence-electron chi connectivity index (χ4n) is 3.14. The minimum absolute atomic E-state index is 0.103. The average Bonchev–Trinajstić information content (AvgIpc) is 3.13. The third kappa shape index (κ3) is 5.31. The first kappa shape index (κ1) is 23.0. The van der Waals surface area contributed by atoms with Crippen LogP contribution >= 0.6 is 0 Å². The van der Waals surface area contributed by atoms with Crippen molar-refractivity contribution in [1.82, 2.24) is 25.2 Å². The van der Waals surface area contributed by atoms with Gasteiger partial charge in [-0.25, -0.2) is 4.79 Å². The van der Waals surface area contributed by atoms with Gasteiger partial charge in [-0.3, -0.25) is 9.69 Å². The van der Waals surface area contributed by atoms with Crippen LogP contribution in [0.25, 0.3) is 0 Å². The molecule has 0 bridgehead atoms. The van der Waals surface area contributed by atoms with Crippen molar-refractivity contribution < 1.29 is 19.1 Å². The molecule has 2 N–H and O–H groups in total. The Hall–Kier alpha value is -2.72. The summed E-state index contributed by atoms with van der Waals surface area (Å²) in [6, 6.07) is 8.05. The van der Waals surface area contributed by atoms with E-state index in [1.807, 2.05) is 30.3 Å². The predicted molar refractivity (Wildman–Crippen MR) is 118 cm³/mol. The summed E-state index contributed by atoms with van der Waals surface area (Å²) in [5, 5.41) is 21.3. The third-order valence-corrected chi connectivity index (χ3v) is 10.6. The summed E-state index contributed by atoms with van der Waals surface area (Å²) >= 11 is 0. The van der Waals surface area contributed by atoms with Crippen molar-refractivity contribution in [3.8, 4) is 0 Å². The lowest BCUT2D eigenvalue weighted by atomic mass is 9.96. The second-order valence-electron chi connectivity index (χ2n) is 9.40. The number of aromatic nitrogens is 3. The standard InChI is InChI=1S/C21H31N5O4Si/c1-21(2,3)31(4,5)30-14-16-11-22-26(24-16)13-17-18(19(27)23-17)25(20(28)29)12-15-9-7-6-8-10-15/h6-11,17-18H,12-14H2,1-5H3,(H,23,27)(H,28,29)/t17-,18-/m0/s1. The van der Waals surface area contributed by atoms with E-state index in [1.165, 1.54) is 9.70 Å². The number of carbonyl (C=O) groups is 2. The molecule has 2 aromatic rings. The molecule has 1 saturated heterocycles. The number of rotatable bonds is 8. The molecule has 3 rings (SSSR count). The number of hydrogen-bond acceptors (Lipinski definition) is 5. The molecule has 9 nitrogen and oxygen atoms in total. The SMILES string of the molecule is CC(C)(C)[Si](C)(C)OCc1cnn(C[C@@H]2NC(=O)[C@H]2N(Cc2ccccc2)C(=O)O)n1. The molecule has 168 valence electrons. The van der Waals surface area contributed by atoms with Gasteiger partial charge in [-0.15, -0.1) is 0 Å². The van der Waals surface area contributed by atoms with Gasteiger partial charge in [-0.05, 0) is 23.7 Å². The van der Waals surface area contributed by atoms with Crippen LogP contribution in [0.5, 0.6) is 0 Å². The van der Waals surface area contributed by atoms with Crippen LogP contribution in [0.4, 0.5) is 4.79 Å². The van der Waals surface area contributed by atoms with Gasteiger partial charge in [-0.2, -0.15) is 15.0 Å². The highest BCUT2D eigenvalue weighted by Crippen LogP contribution is 2.36. The van der Waals surface area contributed by atoms with E-state index >= 15 is 0 Å². The molecule has 1 aromatic carbocycles. The van der Waals surface area contributed by atoms with E-state index in [2.05, 4.69) is 49.4 Å². The van der Waals surface area contributed by atoms with Crippen LogP contribution in [0.15, 0.2) is 36.5 Å². The lowest BCUT2D eigenvalue weighted by molar-refractivity contribution is -0.137. The normalized spacial score (nSPS) is 18.9. The third-order valence-electron chi connectivity index (χ3n) is 6.09. The van der Waals surface area contributed by atoms with E-state index in [1.54, 1.807) is 6.20 Å². The zero-order valence-electron chi connectivity index (χ0n) is 18.7. The van der Waals surface area contributed by atoms with Gasteiger partial charge in [0, 0.05) is 6.54 Å². The van der Waals surface area contributed by atoms with Crippen molar-refractivity contribution in [2.75, 3.05) is 0 Å². The highest BCUT2D eigenvalue weighted by Gasteiger charge is 2.46. The highest BCUT2D eigenvalue weighted by molar-refractivity contribution is 6.74. The largest absolute Gasteiger partial charge is 0.465 e. The van der Waals surface area contributed by atoms with Crippen LogP contribution in [0.3, 0.4) is 0 Å². The molecule has 1 aliphatic rings. The summed E-state index contributed by atoms with van der Waals surface area (Å²) < 4.78 is 6.18. The van der Waals surface area contributed by atoms with Crippen LogP contribution in [0.2, 0.25) is 18.1 Å². The molecule has 10 heteroatoms. The van der Waals surface area contributed by atoms with Crippen LogP contribution in [0.1, 0.15) is 32.0 Å². The monoisotopic (exact) mass is 445 g/mol. The van der Waals surface area contributed by atoms with Crippen molar-refractivity contribution in [3.63, 3.8) is 0 Å². The van der Waals surface area contributed by atoms with Crippen LogP contribution in [0, 0.1) is 0 Å². The Morgan fingerprint density at radius 2 is 1.97 bits per heavy atom. The first-order valence-electron chi connectivity index (χ1n) is 10.3. The van der Waals surface area contributed by atoms with Crippen molar-refractivity contribution in [1.29, 1.82) is 0 Å². The topological polar surface area (TPSA) is 110 Å². The second kappa shape index (κ2) is 8.79. The molecular weight excluding hydrogens is 414 g/mol. The van der Waals surface area contributed by atoms with Crippen molar-refractivity contribution in [2.45, 2.75) is 70.7 Å². The van der Waals surface area contributed by atoms with Gasteiger partial charge in [0.05, 0.1) is 25.4 Å². The molecule has 0 radical (unpaired) electrons. The van der Waals surface area contributed by atoms with Crippen molar-refractivity contribution >= 4 is 20.3 Å². The van der Waals surface area contributed by atoms with Crippen LogP contribution in [-0.4, -0.2) is 57.4 Å². The molecule has 2 amide bonds. The van der Waals surface area contributed by atoms with Gasteiger partial charge in [0.2, 0.25) is 5.91 Å². The molecule has 1 aliphatic heterocycles. The lowest BCUT2D eigenvalue weighted by Gasteiger charge is -2.42.